The van der Waals surface area contributed by atoms with Gasteiger partial charge in [0.05, 0.1) is 24.8 Å². The Balaban J connectivity index is 1.34. The lowest BCUT2D eigenvalue weighted by atomic mass is 9.98. The predicted molar refractivity (Wildman–Crippen MR) is 134 cm³/mol. The van der Waals surface area contributed by atoms with Gasteiger partial charge in [0.2, 0.25) is 5.78 Å². The minimum absolute atomic E-state index is 0.145. The maximum Gasteiger partial charge on any atom is 0.232 e. The summed E-state index contributed by atoms with van der Waals surface area (Å²) in [5.74, 6) is 2.81. The molecule has 0 saturated carbocycles. The Labute approximate surface area is 213 Å². The van der Waals surface area contributed by atoms with Crippen molar-refractivity contribution in [2.75, 3.05) is 20.6 Å². The molecular formula is C28H24ClNO6. The number of nitrogens with zero attached hydrogens (tertiary/aromatic N) is 1. The Bertz CT molecular complexity index is 1420. The number of hydrogen-bond acceptors (Lipinski definition) is 7. The molecular weight excluding hydrogens is 482 g/mol. The first-order valence-electron chi connectivity index (χ1n) is 11.6. The number of carbonyl (C=O) groups is 1. The summed E-state index contributed by atoms with van der Waals surface area (Å²) in [5.41, 5.74) is 4.79. The largest absolute Gasteiger partial charge is 0.496 e. The third kappa shape index (κ3) is 3.99. The number of aryl methyl sites for hydroxylation is 1. The highest BCUT2D eigenvalue weighted by Gasteiger charge is 2.36. The van der Waals surface area contributed by atoms with Crippen LogP contribution in [-0.2, 0) is 24.4 Å². The summed E-state index contributed by atoms with van der Waals surface area (Å²) < 4.78 is 28.9. The number of hydrogen-bond donors (Lipinski definition) is 0. The normalized spacial score (nSPS) is 17.5. The standard InChI is InChI=1S/C28H24ClNO6/c1-16-7-23-21(12-30(14-34-23)11-17-5-3-4-6-22(17)32-2)28-25(16)26(31)24(36-28)10-18-8-20(29)9-19-13-33-15-35-27(18)19/h3-10H,11-15H2,1-2H3/b24-10-. The van der Waals surface area contributed by atoms with E-state index in [1.807, 2.05) is 37.3 Å². The van der Waals surface area contributed by atoms with Crippen LogP contribution in [0.2, 0.25) is 5.02 Å². The van der Waals surface area contributed by atoms with Crippen molar-refractivity contribution in [1.82, 2.24) is 4.90 Å². The summed E-state index contributed by atoms with van der Waals surface area (Å²) in [4.78, 5) is 15.6. The van der Waals surface area contributed by atoms with Gasteiger partial charge in [0, 0.05) is 34.8 Å². The molecule has 3 aliphatic heterocycles. The van der Waals surface area contributed by atoms with Crippen LogP contribution in [0.15, 0.2) is 48.2 Å². The Hall–Kier alpha value is -3.52. The van der Waals surface area contributed by atoms with Crippen LogP contribution >= 0.6 is 11.6 Å². The second kappa shape index (κ2) is 9.17. The van der Waals surface area contributed by atoms with Gasteiger partial charge in [0.15, 0.2) is 12.6 Å². The number of allylic oxidation sites excluding steroid dienone is 1. The van der Waals surface area contributed by atoms with Crippen LogP contribution in [0.5, 0.6) is 23.0 Å². The smallest absolute Gasteiger partial charge is 0.232 e. The molecule has 184 valence electrons. The summed E-state index contributed by atoms with van der Waals surface area (Å²) in [7, 11) is 1.67. The first-order chi connectivity index (χ1) is 17.5. The molecule has 0 unspecified atom stereocenters. The molecule has 0 saturated heterocycles. The molecule has 36 heavy (non-hydrogen) atoms. The summed E-state index contributed by atoms with van der Waals surface area (Å²) >= 11 is 6.32. The molecule has 0 fully saturated rings. The molecule has 0 spiro atoms. The molecule has 3 heterocycles. The van der Waals surface area contributed by atoms with Gasteiger partial charge in [-0.15, -0.1) is 0 Å². The highest BCUT2D eigenvalue weighted by atomic mass is 35.5. The van der Waals surface area contributed by atoms with E-state index < -0.39 is 0 Å². The highest BCUT2D eigenvalue weighted by Crippen LogP contribution is 2.45. The summed E-state index contributed by atoms with van der Waals surface area (Å²) in [6.45, 7) is 4.07. The van der Waals surface area contributed by atoms with Crippen molar-refractivity contribution in [3.63, 3.8) is 0 Å². The number of carbonyl (C=O) groups excluding carboxylic acids is 1. The highest BCUT2D eigenvalue weighted by molar-refractivity contribution is 6.31. The number of rotatable bonds is 4. The van der Waals surface area contributed by atoms with E-state index in [1.54, 1.807) is 25.3 Å². The lowest BCUT2D eigenvalue weighted by molar-refractivity contribution is -0.0165. The number of Topliss-reactive ketones (excluding diaryl/α,β-unsaturated/α-hetero) is 1. The van der Waals surface area contributed by atoms with Gasteiger partial charge in [-0.05, 0) is 42.8 Å². The Morgan fingerprint density at radius 1 is 1.14 bits per heavy atom. The zero-order valence-electron chi connectivity index (χ0n) is 19.9. The van der Waals surface area contributed by atoms with E-state index in [0.717, 1.165) is 33.8 Å². The number of fused-ring (bicyclic) bond motifs is 4. The molecule has 0 atom stereocenters. The fourth-order valence-corrected chi connectivity index (χ4v) is 5.16. The monoisotopic (exact) mass is 505 g/mol. The number of methoxy groups -OCH3 is 1. The molecule has 0 amide bonds. The van der Waals surface area contributed by atoms with Crippen molar-refractivity contribution < 1.29 is 28.5 Å². The first kappa shape index (κ1) is 22.9. The predicted octanol–water partition coefficient (Wildman–Crippen LogP) is 5.49. The lowest BCUT2D eigenvalue weighted by Gasteiger charge is -2.30. The van der Waals surface area contributed by atoms with Gasteiger partial charge in [-0.2, -0.15) is 0 Å². The van der Waals surface area contributed by atoms with Crippen LogP contribution in [0.3, 0.4) is 0 Å². The fraction of sp³-hybridized carbons (Fsp3) is 0.250. The number of halogens is 1. The zero-order chi connectivity index (χ0) is 24.8. The van der Waals surface area contributed by atoms with Crippen LogP contribution in [-0.4, -0.2) is 31.3 Å². The van der Waals surface area contributed by atoms with Crippen LogP contribution < -0.4 is 18.9 Å². The number of ether oxygens (including phenoxy) is 5. The zero-order valence-corrected chi connectivity index (χ0v) is 20.7. The number of benzene rings is 3. The van der Waals surface area contributed by atoms with Gasteiger partial charge in [-0.1, -0.05) is 29.8 Å². The quantitative estimate of drug-likeness (QED) is 0.434. The van der Waals surface area contributed by atoms with E-state index in [1.165, 1.54) is 0 Å². The fourth-order valence-electron chi connectivity index (χ4n) is 4.91. The van der Waals surface area contributed by atoms with E-state index in [9.17, 15) is 4.79 Å². The molecule has 6 rings (SSSR count). The summed E-state index contributed by atoms with van der Waals surface area (Å²) in [6.07, 6.45) is 1.69. The minimum Gasteiger partial charge on any atom is -0.496 e. The van der Waals surface area contributed by atoms with Gasteiger partial charge in [0.25, 0.3) is 0 Å². The topological polar surface area (TPSA) is 66.5 Å². The first-order valence-corrected chi connectivity index (χ1v) is 12.0. The van der Waals surface area contributed by atoms with Crippen molar-refractivity contribution in [2.45, 2.75) is 26.6 Å². The van der Waals surface area contributed by atoms with Crippen LogP contribution in [0, 0.1) is 6.92 Å². The van der Waals surface area contributed by atoms with Gasteiger partial charge >= 0.3 is 0 Å². The van der Waals surface area contributed by atoms with E-state index >= 15 is 0 Å². The molecule has 0 aliphatic carbocycles. The van der Waals surface area contributed by atoms with Crippen molar-refractivity contribution in [2.24, 2.45) is 0 Å². The minimum atomic E-state index is -0.173. The molecule has 8 heteroatoms. The van der Waals surface area contributed by atoms with Crippen molar-refractivity contribution in [1.29, 1.82) is 0 Å². The average Bonchev–Trinajstić information content (AvgIpc) is 3.21. The van der Waals surface area contributed by atoms with E-state index in [4.69, 9.17) is 35.3 Å². The third-order valence-corrected chi connectivity index (χ3v) is 6.78. The second-order valence-corrected chi connectivity index (χ2v) is 9.42. The third-order valence-electron chi connectivity index (χ3n) is 6.56. The molecule has 3 aromatic carbocycles. The molecule has 3 aliphatic rings. The van der Waals surface area contributed by atoms with Crippen molar-refractivity contribution in [3.8, 4) is 23.0 Å². The SMILES string of the molecule is COc1ccccc1CN1COc2cc(C)c3c(c2C1)O/C(=C\c1cc(Cl)cc2c1OCOC2)C3=O. The van der Waals surface area contributed by atoms with Gasteiger partial charge in [-0.25, -0.2) is 0 Å². The molecule has 0 aromatic heterocycles. The Kier molecular flexibility index (Phi) is 5.84. The number of para-hydroxylation sites is 1. The second-order valence-electron chi connectivity index (χ2n) is 8.98. The molecule has 0 bridgehead atoms. The number of ketones is 1. The molecule has 0 N–H and O–H groups in total. The maximum atomic E-state index is 13.5. The van der Waals surface area contributed by atoms with Gasteiger partial charge in [0.1, 0.15) is 29.7 Å². The molecule has 0 radical (unpaired) electrons. The van der Waals surface area contributed by atoms with Crippen LogP contribution in [0.4, 0.5) is 0 Å². The van der Waals surface area contributed by atoms with E-state index in [2.05, 4.69) is 4.90 Å². The summed E-state index contributed by atoms with van der Waals surface area (Å²) in [5, 5.41) is 0.534. The van der Waals surface area contributed by atoms with E-state index in [-0.39, 0.29) is 18.3 Å². The van der Waals surface area contributed by atoms with Crippen molar-refractivity contribution in [3.05, 3.63) is 86.6 Å². The van der Waals surface area contributed by atoms with Gasteiger partial charge < -0.3 is 23.7 Å². The lowest BCUT2D eigenvalue weighted by Crippen LogP contribution is -2.32. The van der Waals surface area contributed by atoms with Crippen LogP contribution in [0.1, 0.15) is 38.2 Å². The molecule has 3 aromatic rings. The van der Waals surface area contributed by atoms with Gasteiger partial charge in [-0.3, -0.25) is 9.69 Å². The molecule has 7 nitrogen and oxygen atoms in total. The van der Waals surface area contributed by atoms with E-state index in [0.29, 0.717) is 54.1 Å². The average molecular weight is 506 g/mol. The summed E-state index contributed by atoms with van der Waals surface area (Å²) in [6, 6.07) is 13.4. The Morgan fingerprint density at radius 3 is 2.86 bits per heavy atom. The van der Waals surface area contributed by atoms with Crippen LogP contribution in [0.25, 0.3) is 6.08 Å². The van der Waals surface area contributed by atoms with Crippen molar-refractivity contribution >= 4 is 23.5 Å². The Morgan fingerprint density at radius 2 is 2.00 bits per heavy atom. The maximum absolute atomic E-state index is 13.5.